The number of benzene rings is 3. The third kappa shape index (κ3) is 3.47. The monoisotopic (exact) mass is 405 g/mol. The van der Waals surface area contributed by atoms with Gasteiger partial charge in [-0.2, -0.15) is 0 Å². The lowest BCUT2D eigenvalue weighted by atomic mass is 10.0. The number of carbonyl (C=O) groups excluding carboxylic acids is 2. The topological polar surface area (TPSA) is 68.4 Å². The van der Waals surface area contributed by atoms with E-state index in [0.717, 1.165) is 26.9 Å². The van der Waals surface area contributed by atoms with Crippen LogP contribution in [0.5, 0.6) is 0 Å². The molecular formula is C23H19NO4S. The second kappa shape index (κ2) is 8.01. The second-order valence-electron chi connectivity index (χ2n) is 6.48. The van der Waals surface area contributed by atoms with Gasteiger partial charge in [-0.3, -0.25) is 0 Å². The van der Waals surface area contributed by atoms with E-state index in [1.807, 2.05) is 42.5 Å². The Morgan fingerprint density at radius 2 is 1.62 bits per heavy atom. The summed E-state index contributed by atoms with van der Waals surface area (Å²) in [5.41, 5.74) is 3.01. The van der Waals surface area contributed by atoms with Gasteiger partial charge in [0.2, 0.25) is 0 Å². The Morgan fingerprint density at radius 1 is 0.931 bits per heavy atom. The predicted molar refractivity (Wildman–Crippen MR) is 114 cm³/mol. The zero-order valence-corrected chi connectivity index (χ0v) is 16.8. The van der Waals surface area contributed by atoms with Crippen molar-refractivity contribution in [3.8, 4) is 0 Å². The Morgan fingerprint density at radius 3 is 2.34 bits per heavy atom. The van der Waals surface area contributed by atoms with Gasteiger partial charge in [-0.15, -0.1) is 11.8 Å². The lowest BCUT2D eigenvalue weighted by Gasteiger charge is -2.12. The minimum absolute atomic E-state index is 0.189. The van der Waals surface area contributed by atoms with Crippen LogP contribution < -0.4 is 0 Å². The number of hydrogen-bond donors (Lipinski definition) is 1. The maximum Gasteiger partial charge on any atom is 0.340 e. The van der Waals surface area contributed by atoms with Gasteiger partial charge in [0.05, 0.1) is 30.9 Å². The van der Waals surface area contributed by atoms with E-state index < -0.39 is 11.9 Å². The van der Waals surface area contributed by atoms with E-state index in [4.69, 9.17) is 9.47 Å². The molecule has 146 valence electrons. The van der Waals surface area contributed by atoms with Gasteiger partial charge < -0.3 is 14.5 Å². The number of H-pyrrole nitrogens is 1. The lowest BCUT2D eigenvalue weighted by Crippen LogP contribution is -2.13. The largest absolute Gasteiger partial charge is 0.465 e. The summed E-state index contributed by atoms with van der Waals surface area (Å²) in [5, 5.41) is 1.88. The van der Waals surface area contributed by atoms with Crippen LogP contribution in [-0.4, -0.2) is 31.1 Å². The molecule has 5 nitrogen and oxygen atoms in total. The molecule has 0 saturated heterocycles. The van der Waals surface area contributed by atoms with Crippen LogP contribution in [0.4, 0.5) is 0 Å². The number of aromatic amines is 1. The summed E-state index contributed by atoms with van der Waals surface area (Å²) in [4.78, 5) is 29.3. The molecule has 1 aromatic heterocycles. The van der Waals surface area contributed by atoms with Crippen molar-refractivity contribution < 1.29 is 19.1 Å². The molecule has 29 heavy (non-hydrogen) atoms. The first-order valence-corrected chi connectivity index (χ1v) is 10.0. The lowest BCUT2D eigenvalue weighted by molar-refractivity contribution is 0.0556. The first kappa shape index (κ1) is 19.1. The third-order valence-corrected chi connectivity index (χ3v) is 5.89. The normalized spacial score (nSPS) is 11.0. The number of aromatic nitrogens is 1. The summed E-state index contributed by atoms with van der Waals surface area (Å²) >= 11 is 1.61. The van der Waals surface area contributed by atoms with Crippen LogP contribution in [-0.2, 0) is 15.2 Å². The number of nitrogens with one attached hydrogen (secondary N) is 1. The number of rotatable bonds is 5. The molecular weight excluding hydrogens is 386 g/mol. The smallest absolute Gasteiger partial charge is 0.340 e. The first-order valence-electron chi connectivity index (χ1n) is 9.04. The van der Waals surface area contributed by atoms with Crippen molar-refractivity contribution in [2.75, 3.05) is 14.2 Å². The molecule has 1 heterocycles. The SMILES string of the molecule is COC(=O)c1cc(SCc2ccccc2)c2c([nH]c3ccccc32)c1C(=O)OC. The fourth-order valence-electron chi connectivity index (χ4n) is 3.43. The number of fused-ring (bicyclic) bond motifs is 3. The number of esters is 2. The van der Waals surface area contributed by atoms with E-state index >= 15 is 0 Å². The Balaban J connectivity index is 1.98. The zero-order chi connectivity index (χ0) is 20.4. The van der Waals surface area contributed by atoms with Crippen LogP contribution in [0, 0.1) is 0 Å². The van der Waals surface area contributed by atoms with E-state index in [1.165, 1.54) is 19.8 Å². The summed E-state index contributed by atoms with van der Waals surface area (Å²) in [5.74, 6) is -0.428. The van der Waals surface area contributed by atoms with Crippen LogP contribution in [0.15, 0.2) is 65.6 Å². The number of ether oxygens (including phenoxy) is 2. The minimum atomic E-state index is -0.582. The first-order chi connectivity index (χ1) is 14.1. The van der Waals surface area contributed by atoms with Crippen LogP contribution >= 0.6 is 11.8 Å². The van der Waals surface area contributed by atoms with Gasteiger partial charge in [0, 0.05) is 26.9 Å². The van der Waals surface area contributed by atoms with Gasteiger partial charge in [-0.05, 0) is 17.7 Å². The number of methoxy groups -OCH3 is 2. The maximum atomic E-state index is 12.6. The molecule has 0 spiro atoms. The molecule has 1 N–H and O–H groups in total. The molecule has 0 radical (unpaired) electrons. The van der Waals surface area contributed by atoms with Crippen molar-refractivity contribution in [2.45, 2.75) is 10.6 Å². The van der Waals surface area contributed by atoms with Gasteiger partial charge in [-0.1, -0.05) is 48.5 Å². The molecule has 0 atom stereocenters. The molecule has 3 aromatic carbocycles. The number of hydrogen-bond acceptors (Lipinski definition) is 5. The Kier molecular flexibility index (Phi) is 5.27. The number of para-hydroxylation sites is 1. The Hall–Kier alpha value is -3.25. The van der Waals surface area contributed by atoms with Gasteiger partial charge in [0.1, 0.15) is 0 Å². The van der Waals surface area contributed by atoms with Crippen molar-refractivity contribution in [3.63, 3.8) is 0 Å². The summed E-state index contributed by atoms with van der Waals surface area (Å²) in [7, 11) is 2.60. The molecule has 0 aliphatic carbocycles. The molecule has 0 amide bonds. The fraction of sp³-hybridized carbons (Fsp3) is 0.130. The van der Waals surface area contributed by atoms with Crippen LogP contribution in [0.2, 0.25) is 0 Å². The minimum Gasteiger partial charge on any atom is -0.465 e. The quantitative estimate of drug-likeness (QED) is 0.366. The molecule has 0 fully saturated rings. The van der Waals surface area contributed by atoms with Crippen molar-refractivity contribution in [3.05, 3.63) is 77.4 Å². The molecule has 0 unspecified atom stereocenters. The second-order valence-corrected chi connectivity index (χ2v) is 7.49. The highest BCUT2D eigenvalue weighted by atomic mass is 32.2. The van der Waals surface area contributed by atoms with E-state index in [1.54, 1.807) is 17.8 Å². The van der Waals surface area contributed by atoms with E-state index in [-0.39, 0.29) is 11.1 Å². The van der Waals surface area contributed by atoms with Crippen molar-refractivity contribution >= 4 is 45.5 Å². The molecule has 0 aliphatic heterocycles. The zero-order valence-electron chi connectivity index (χ0n) is 16.0. The van der Waals surface area contributed by atoms with Crippen LogP contribution in [0.3, 0.4) is 0 Å². The van der Waals surface area contributed by atoms with Crippen molar-refractivity contribution in [2.24, 2.45) is 0 Å². The highest BCUT2D eigenvalue weighted by molar-refractivity contribution is 7.98. The average Bonchev–Trinajstić information content (AvgIpc) is 3.16. The average molecular weight is 405 g/mol. The molecule has 0 saturated carbocycles. The van der Waals surface area contributed by atoms with Gasteiger partial charge >= 0.3 is 11.9 Å². The highest BCUT2D eigenvalue weighted by Crippen LogP contribution is 2.39. The molecule has 4 rings (SSSR count). The molecule has 0 aliphatic rings. The summed E-state index contributed by atoms with van der Waals surface area (Å²) in [6, 6.07) is 19.6. The number of carbonyl (C=O) groups is 2. The highest BCUT2D eigenvalue weighted by Gasteiger charge is 2.26. The summed E-state index contributed by atoms with van der Waals surface area (Å²) in [6.45, 7) is 0. The molecule has 0 bridgehead atoms. The van der Waals surface area contributed by atoms with E-state index in [9.17, 15) is 9.59 Å². The van der Waals surface area contributed by atoms with E-state index in [2.05, 4.69) is 17.1 Å². The molecule has 6 heteroatoms. The summed E-state index contributed by atoms with van der Waals surface area (Å²) < 4.78 is 9.91. The van der Waals surface area contributed by atoms with E-state index in [0.29, 0.717) is 5.52 Å². The van der Waals surface area contributed by atoms with Gasteiger partial charge in [-0.25, -0.2) is 9.59 Å². The Labute approximate surface area is 172 Å². The molecule has 4 aromatic rings. The number of thioether (sulfide) groups is 1. The maximum absolute atomic E-state index is 12.6. The van der Waals surface area contributed by atoms with Crippen molar-refractivity contribution in [1.82, 2.24) is 4.98 Å². The fourth-order valence-corrected chi connectivity index (χ4v) is 4.50. The third-order valence-electron chi connectivity index (χ3n) is 4.78. The predicted octanol–water partition coefficient (Wildman–Crippen LogP) is 5.19. The Bertz CT molecular complexity index is 1210. The van der Waals surface area contributed by atoms with Gasteiger partial charge in [0.15, 0.2) is 0 Å². The van der Waals surface area contributed by atoms with Crippen LogP contribution in [0.1, 0.15) is 26.3 Å². The summed E-state index contributed by atoms with van der Waals surface area (Å²) in [6.07, 6.45) is 0. The standard InChI is InChI=1S/C23H19NO4S/c1-27-22(25)16-12-18(29-13-14-8-4-3-5-9-14)19-15-10-6-7-11-17(15)24-21(19)20(16)23(26)28-2/h3-12,24H,13H2,1-2H3. The van der Waals surface area contributed by atoms with Crippen molar-refractivity contribution in [1.29, 1.82) is 0 Å². The van der Waals surface area contributed by atoms with Gasteiger partial charge in [0.25, 0.3) is 0 Å². The van der Waals surface area contributed by atoms with Crippen LogP contribution in [0.25, 0.3) is 21.8 Å².